The van der Waals surface area contributed by atoms with E-state index in [4.69, 9.17) is 0 Å². The first-order valence-corrected chi connectivity index (χ1v) is 5.01. The molecule has 2 heterocycles. The zero-order valence-electron chi connectivity index (χ0n) is 7.90. The average Bonchev–Trinajstić information content (AvgIpc) is 2.53. The van der Waals surface area contributed by atoms with Crippen molar-refractivity contribution in [3.05, 3.63) is 17.5 Å². The summed E-state index contributed by atoms with van der Waals surface area (Å²) in [5.41, 5.74) is 4.13. The first kappa shape index (κ1) is 8.56. The fourth-order valence-electron chi connectivity index (χ4n) is 1.33. The molecule has 68 valence electrons. The Kier molecular flexibility index (Phi) is 2.00. The molecule has 3 nitrogen and oxygen atoms in total. The number of hydrogen-bond donors (Lipinski definition) is 0. The van der Waals surface area contributed by atoms with Crippen molar-refractivity contribution in [3.8, 4) is 0 Å². The van der Waals surface area contributed by atoms with Gasteiger partial charge in [0.2, 0.25) is 0 Å². The largest absolute Gasteiger partial charge is 0.259 e. The number of fused-ring (bicyclic) bond motifs is 1. The third kappa shape index (κ3) is 1.31. The van der Waals surface area contributed by atoms with Gasteiger partial charge in [0.25, 0.3) is 0 Å². The summed E-state index contributed by atoms with van der Waals surface area (Å²) in [5, 5.41) is 0. The molecule has 0 amide bonds. The second-order valence-corrected chi connectivity index (χ2v) is 3.94. The Balaban J connectivity index is 2.78. The molecule has 0 spiro atoms. The van der Waals surface area contributed by atoms with Crippen molar-refractivity contribution >= 4 is 22.8 Å². The maximum atomic E-state index is 4.30. The molecular weight excluding hydrogens is 182 g/mol. The third-order valence-electron chi connectivity index (χ3n) is 2.12. The predicted molar refractivity (Wildman–Crippen MR) is 54.0 cm³/mol. The van der Waals surface area contributed by atoms with Crippen molar-refractivity contribution in [1.82, 2.24) is 13.7 Å². The normalized spacial score (nSPS) is 11.4. The zero-order chi connectivity index (χ0) is 9.42. The number of aryl methyl sites for hydroxylation is 1. The summed E-state index contributed by atoms with van der Waals surface area (Å²) in [6, 6.07) is 0. The van der Waals surface area contributed by atoms with Gasteiger partial charge in [-0.1, -0.05) is 13.8 Å². The highest BCUT2D eigenvalue weighted by atomic mass is 32.1. The fourth-order valence-corrected chi connectivity index (χ4v) is 1.94. The van der Waals surface area contributed by atoms with Crippen LogP contribution in [-0.4, -0.2) is 13.7 Å². The molecule has 0 unspecified atom stereocenters. The molecule has 2 rings (SSSR count). The molecule has 0 saturated heterocycles. The van der Waals surface area contributed by atoms with E-state index in [1.807, 2.05) is 13.1 Å². The molecule has 4 heteroatoms. The van der Waals surface area contributed by atoms with Crippen LogP contribution in [0.3, 0.4) is 0 Å². The molecule has 0 fully saturated rings. The summed E-state index contributed by atoms with van der Waals surface area (Å²) in [5.74, 6) is 0.458. The van der Waals surface area contributed by atoms with Crippen molar-refractivity contribution in [2.24, 2.45) is 0 Å². The maximum absolute atomic E-state index is 4.30. The molecule has 13 heavy (non-hydrogen) atoms. The van der Waals surface area contributed by atoms with E-state index < -0.39 is 0 Å². The van der Waals surface area contributed by atoms with E-state index in [2.05, 4.69) is 27.6 Å². The lowest BCUT2D eigenvalue weighted by Crippen LogP contribution is -1.93. The molecule has 2 aromatic heterocycles. The highest BCUT2D eigenvalue weighted by molar-refractivity contribution is 7.00. The molecule has 0 N–H and O–H groups in total. The Morgan fingerprint density at radius 2 is 1.92 bits per heavy atom. The van der Waals surface area contributed by atoms with Gasteiger partial charge in [0.05, 0.1) is 17.4 Å². The Morgan fingerprint density at radius 3 is 2.62 bits per heavy atom. The van der Waals surface area contributed by atoms with Crippen LogP contribution in [0.4, 0.5) is 0 Å². The number of pyridine rings is 1. The number of hydrogen-bond acceptors (Lipinski definition) is 4. The van der Waals surface area contributed by atoms with Crippen LogP contribution < -0.4 is 0 Å². The van der Waals surface area contributed by atoms with Gasteiger partial charge < -0.3 is 0 Å². The van der Waals surface area contributed by atoms with E-state index >= 15 is 0 Å². The topological polar surface area (TPSA) is 38.7 Å². The molecule has 0 saturated carbocycles. The van der Waals surface area contributed by atoms with Crippen LogP contribution in [-0.2, 0) is 0 Å². The van der Waals surface area contributed by atoms with Gasteiger partial charge in [-0.3, -0.25) is 4.98 Å². The van der Waals surface area contributed by atoms with Gasteiger partial charge in [0, 0.05) is 11.8 Å². The van der Waals surface area contributed by atoms with Crippen LogP contribution in [0.15, 0.2) is 6.20 Å². The maximum Gasteiger partial charge on any atom is 0.126 e. The average molecular weight is 193 g/mol. The Morgan fingerprint density at radius 1 is 1.23 bits per heavy atom. The molecule has 0 aliphatic rings. The molecule has 0 aliphatic heterocycles. The minimum Gasteiger partial charge on any atom is -0.259 e. The van der Waals surface area contributed by atoms with Crippen molar-refractivity contribution in [2.75, 3.05) is 0 Å². The van der Waals surface area contributed by atoms with Gasteiger partial charge in [-0.15, -0.1) is 0 Å². The van der Waals surface area contributed by atoms with Crippen LogP contribution in [0.5, 0.6) is 0 Å². The number of nitrogens with zero attached hydrogens (tertiary/aromatic N) is 3. The summed E-state index contributed by atoms with van der Waals surface area (Å²) < 4.78 is 8.52. The van der Waals surface area contributed by atoms with E-state index in [-0.39, 0.29) is 0 Å². The van der Waals surface area contributed by atoms with E-state index in [0.29, 0.717) is 5.92 Å². The second-order valence-electron chi connectivity index (χ2n) is 3.42. The summed E-state index contributed by atoms with van der Waals surface area (Å²) in [6.07, 6.45) is 1.91. The minimum atomic E-state index is 0.458. The monoisotopic (exact) mass is 193 g/mol. The molecule has 0 radical (unpaired) electrons. The second kappa shape index (κ2) is 3.03. The van der Waals surface area contributed by atoms with Crippen molar-refractivity contribution in [1.29, 1.82) is 0 Å². The van der Waals surface area contributed by atoms with Crippen LogP contribution >= 0.6 is 11.7 Å². The summed E-state index contributed by atoms with van der Waals surface area (Å²) in [4.78, 5) is 4.30. The standard InChI is InChI=1S/C9H11N3S/c1-5(2)7-4-10-6(3)8-9(7)12-13-11-8/h4-5H,1-3H3. The molecular formula is C9H11N3S. The van der Waals surface area contributed by atoms with Gasteiger partial charge in [-0.25, -0.2) is 0 Å². The van der Waals surface area contributed by atoms with Gasteiger partial charge in [0.15, 0.2) is 0 Å². The van der Waals surface area contributed by atoms with Crippen LogP contribution in [0.2, 0.25) is 0 Å². The van der Waals surface area contributed by atoms with Gasteiger partial charge in [0.1, 0.15) is 11.0 Å². The zero-order valence-corrected chi connectivity index (χ0v) is 8.72. The van der Waals surface area contributed by atoms with E-state index in [9.17, 15) is 0 Å². The number of rotatable bonds is 1. The quantitative estimate of drug-likeness (QED) is 0.698. The van der Waals surface area contributed by atoms with Crippen molar-refractivity contribution in [3.63, 3.8) is 0 Å². The van der Waals surface area contributed by atoms with Crippen LogP contribution in [0.1, 0.15) is 31.0 Å². The lowest BCUT2D eigenvalue weighted by atomic mass is 10.0. The van der Waals surface area contributed by atoms with Gasteiger partial charge >= 0.3 is 0 Å². The molecule has 0 aromatic carbocycles. The molecule has 0 bridgehead atoms. The van der Waals surface area contributed by atoms with Gasteiger partial charge in [-0.05, 0) is 12.8 Å². The van der Waals surface area contributed by atoms with Crippen LogP contribution in [0.25, 0.3) is 11.0 Å². The Labute approximate surface area is 81.2 Å². The van der Waals surface area contributed by atoms with E-state index in [1.54, 1.807) is 0 Å². The Hall–Kier alpha value is -1.03. The summed E-state index contributed by atoms with van der Waals surface area (Å²) in [7, 11) is 0. The van der Waals surface area contributed by atoms with E-state index in [0.717, 1.165) is 16.7 Å². The van der Waals surface area contributed by atoms with Crippen molar-refractivity contribution < 1.29 is 0 Å². The highest BCUT2D eigenvalue weighted by Gasteiger charge is 2.10. The fraction of sp³-hybridized carbons (Fsp3) is 0.444. The highest BCUT2D eigenvalue weighted by Crippen LogP contribution is 2.24. The summed E-state index contributed by atoms with van der Waals surface area (Å²) in [6.45, 7) is 6.25. The van der Waals surface area contributed by atoms with Crippen LogP contribution in [0, 0.1) is 6.92 Å². The molecule has 0 aliphatic carbocycles. The lowest BCUT2D eigenvalue weighted by molar-refractivity contribution is 0.864. The predicted octanol–water partition coefficient (Wildman–Crippen LogP) is 2.52. The SMILES string of the molecule is Cc1ncc(C(C)C)c2nsnc12. The minimum absolute atomic E-state index is 0.458. The van der Waals surface area contributed by atoms with Gasteiger partial charge in [-0.2, -0.15) is 8.75 Å². The lowest BCUT2D eigenvalue weighted by Gasteiger charge is -2.05. The molecule has 0 atom stereocenters. The van der Waals surface area contributed by atoms with E-state index in [1.165, 1.54) is 17.3 Å². The number of aromatic nitrogens is 3. The Bertz CT molecular complexity index is 433. The summed E-state index contributed by atoms with van der Waals surface area (Å²) >= 11 is 1.26. The first-order chi connectivity index (χ1) is 6.20. The third-order valence-corrected chi connectivity index (χ3v) is 2.65. The molecule has 2 aromatic rings. The van der Waals surface area contributed by atoms with Crippen molar-refractivity contribution in [2.45, 2.75) is 26.7 Å². The first-order valence-electron chi connectivity index (χ1n) is 4.28. The smallest absolute Gasteiger partial charge is 0.126 e.